The highest BCUT2D eigenvalue weighted by molar-refractivity contribution is 5.93. The van der Waals surface area contributed by atoms with Gasteiger partial charge in [0.15, 0.2) is 0 Å². The third-order valence-corrected chi connectivity index (χ3v) is 6.19. The maximum atomic E-state index is 13.8. The van der Waals surface area contributed by atoms with Crippen LogP contribution < -0.4 is 10.6 Å². The summed E-state index contributed by atoms with van der Waals surface area (Å²) in [6.07, 6.45) is 2.86. The molecule has 0 heterocycles. The van der Waals surface area contributed by atoms with Gasteiger partial charge in [-0.25, -0.2) is 4.79 Å². The maximum absolute atomic E-state index is 13.8. The van der Waals surface area contributed by atoms with Gasteiger partial charge in [-0.3, -0.25) is 9.59 Å². The van der Waals surface area contributed by atoms with Crippen LogP contribution in [0.15, 0.2) is 18.2 Å². The summed E-state index contributed by atoms with van der Waals surface area (Å²) in [6.45, 7) is 13.1. The van der Waals surface area contributed by atoms with Gasteiger partial charge in [0.1, 0.15) is 17.7 Å². The normalized spacial score (nSPS) is 18.9. The van der Waals surface area contributed by atoms with Crippen molar-refractivity contribution < 1.29 is 24.2 Å². The molecule has 0 saturated heterocycles. The Balaban J connectivity index is 2.42. The molecule has 35 heavy (non-hydrogen) atoms. The number of carbonyl (C=O) groups excluding carboxylic acids is 3. The smallest absolute Gasteiger partial charge is 0.408 e. The predicted molar refractivity (Wildman–Crippen MR) is 136 cm³/mol. The zero-order chi connectivity index (χ0) is 26.3. The molecule has 0 spiro atoms. The Hall–Kier alpha value is -2.61. The van der Waals surface area contributed by atoms with Gasteiger partial charge in [-0.15, -0.1) is 0 Å². The number of hydrogen-bond donors (Lipinski definition) is 3. The van der Waals surface area contributed by atoms with Gasteiger partial charge >= 0.3 is 6.09 Å². The molecule has 0 radical (unpaired) electrons. The molecule has 2 rings (SSSR count). The Morgan fingerprint density at radius 1 is 1.20 bits per heavy atom. The lowest BCUT2D eigenvalue weighted by Crippen LogP contribution is -2.55. The minimum Gasteiger partial charge on any atom is -0.444 e. The van der Waals surface area contributed by atoms with Crippen LogP contribution in [0.1, 0.15) is 83.0 Å². The molecule has 3 N–H and O–H groups in total. The number of hydrogen-bond acceptors (Lipinski definition) is 5. The second kappa shape index (κ2) is 12.4. The molecule has 1 saturated carbocycles. The molecule has 1 aromatic rings. The third kappa shape index (κ3) is 8.23. The van der Waals surface area contributed by atoms with Gasteiger partial charge in [-0.2, -0.15) is 0 Å². The van der Waals surface area contributed by atoms with Crippen LogP contribution in [-0.4, -0.2) is 58.8 Å². The van der Waals surface area contributed by atoms with E-state index in [0.717, 1.165) is 42.4 Å². The van der Waals surface area contributed by atoms with Crippen molar-refractivity contribution in [3.8, 4) is 0 Å². The van der Waals surface area contributed by atoms with Gasteiger partial charge in [0, 0.05) is 12.6 Å². The first-order valence-corrected chi connectivity index (χ1v) is 12.7. The average molecular weight is 490 g/mol. The van der Waals surface area contributed by atoms with Gasteiger partial charge in [0.05, 0.1) is 6.61 Å². The number of nitrogens with one attached hydrogen (secondary N) is 2. The van der Waals surface area contributed by atoms with Crippen LogP contribution in [-0.2, 0) is 14.3 Å². The fourth-order valence-corrected chi connectivity index (χ4v) is 4.14. The zero-order valence-corrected chi connectivity index (χ0v) is 22.3. The molecule has 1 aliphatic carbocycles. The highest BCUT2D eigenvalue weighted by atomic mass is 16.6. The SMILES string of the molecule is CCCCCNC(=O)C(c1cc(C)ccc1C)N(C(=O)C(CO)NC(=O)OC(C)(C)C)C1CC1C. The van der Waals surface area contributed by atoms with Crippen molar-refractivity contribution in [2.75, 3.05) is 13.2 Å². The number of amides is 3. The molecule has 1 fully saturated rings. The molecule has 4 atom stereocenters. The van der Waals surface area contributed by atoms with E-state index in [1.165, 1.54) is 0 Å². The van der Waals surface area contributed by atoms with Crippen LogP contribution >= 0.6 is 0 Å². The van der Waals surface area contributed by atoms with Gasteiger partial charge in [-0.1, -0.05) is 50.5 Å². The molecule has 3 amide bonds. The molecular weight excluding hydrogens is 446 g/mol. The van der Waals surface area contributed by atoms with Crippen molar-refractivity contribution in [2.45, 2.75) is 97.9 Å². The number of aryl methyl sites for hydroxylation is 2. The van der Waals surface area contributed by atoms with E-state index < -0.39 is 36.3 Å². The number of benzene rings is 1. The van der Waals surface area contributed by atoms with E-state index >= 15 is 0 Å². The van der Waals surface area contributed by atoms with Crippen molar-refractivity contribution in [3.63, 3.8) is 0 Å². The van der Waals surface area contributed by atoms with E-state index in [4.69, 9.17) is 4.74 Å². The highest BCUT2D eigenvalue weighted by Crippen LogP contribution is 2.41. The number of nitrogens with zero attached hydrogens (tertiary/aromatic N) is 1. The maximum Gasteiger partial charge on any atom is 0.408 e. The van der Waals surface area contributed by atoms with Crippen LogP contribution in [0.4, 0.5) is 4.79 Å². The first-order valence-electron chi connectivity index (χ1n) is 12.7. The Labute approximate surface area is 209 Å². The molecule has 0 aromatic heterocycles. The van der Waals surface area contributed by atoms with E-state index in [2.05, 4.69) is 17.6 Å². The van der Waals surface area contributed by atoms with Crippen LogP contribution in [0.2, 0.25) is 0 Å². The van der Waals surface area contributed by atoms with Crippen LogP contribution in [0.25, 0.3) is 0 Å². The van der Waals surface area contributed by atoms with Crippen molar-refractivity contribution in [1.82, 2.24) is 15.5 Å². The summed E-state index contributed by atoms with van der Waals surface area (Å²) in [5, 5.41) is 15.5. The lowest BCUT2D eigenvalue weighted by atomic mass is 9.96. The second-order valence-electron chi connectivity index (χ2n) is 10.7. The highest BCUT2D eigenvalue weighted by Gasteiger charge is 2.48. The lowest BCUT2D eigenvalue weighted by Gasteiger charge is -2.35. The molecular formula is C27H43N3O5. The average Bonchev–Trinajstić information content (AvgIpc) is 3.49. The monoisotopic (exact) mass is 489 g/mol. The summed E-state index contributed by atoms with van der Waals surface area (Å²) in [7, 11) is 0. The van der Waals surface area contributed by atoms with Crippen LogP contribution in [0.5, 0.6) is 0 Å². The van der Waals surface area contributed by atoms with Gasteiger partial charge < -0.3 is 25.4 Å². The van der Waals surface area contributed by atoms with Crippen molar-refractivity contribution in [1.29, 1.82) is 0 Å². The summed E-state index contributed by atoms with van der Waals surface area (Å²) in [4.78, 5) is 41.4. The van der Waals surface area contributed by atoms with E-state index in [9.17, 15) is 19.5 Å². The number of aliphatic hydroxyl groups excluding tert-OH is 1. The number of carbonyl (C=O) groups is 3. The predicted octanol–water partition coefficient (Wildman–Crippen LogP) is 3.77. The van der Waals surface area contributed by atoms with E-state index in [-0.39, 0.29) is 17.9 Å². The number of rotatable bonds is 11. The molecule has 4 unspecified atom stereocenters. The minimum atomic E-state index is -1.22. The number of alkyl carbamates (subject to hydrolysis) is 1. The zero-order valence-electron chi connectivity index (χ0n) is 22.3. The van der Waals surface area contributed by atoms with Crippen LogP contribution in [0, 0.1) is 19.8 Å². The Bertz CT molecular complexity index is 895. The van der Waals surface area contributed by atoms with Gasteiger partial charge in [-0.05, 0) is 64.5 Å². The molecule has 8 heteroatoms. The molecule has 0 bridgehead atoms. The number of aliphatic hydroxyl groups is 1. The third-order valence-electron chi connectivity index (χ3n) is 6.19. The van der Waals surface area contributed by atoms with E-state index in [0.29, 0.717) is 6.54 Å². The molecule has 0 aliphatic heterocycles. The van der Waals surface area contributed by atoms with Gasteiger partial charge in [0.2, 0.25) is 11.8 Å². The molecule has 8 nitrogen and oxygen atoms in total. The topological polar surface area (TPSA) is 108 Å². The summed E-state index contributed by atoms with van der Waals surface area (Å²) >= 11 is 0. The summed E-state index contributed by atoms with van der Waals surface area (Å²) < 4.78 is 5.29. The fourth-order valence-electron chi connectivity index (χ4n) is 4.14. The summed E-state index contributed by atoms with van der Waals surface area (Å²) in [5.74, 6) is -0.543. The van der Waals surface area contributed by atoms with Crippen molar-refractivity contribution in [2.24, 2.45) is 5.92 Å². The van der Waals surface area contributed by atoms with E-state index in [1.807, 2.05) is 39.0 Å². The largest absolute Gasteiger partial charge is 0.444 e. The summed E-state index contributed by atoms with van der Waals surface area (Å²) in [5.41, 5.74) is 1.88. The van der Waals surface area contributed by atoms with E-state index in [1.54, 1.807) is 25.7 Å². The molecule has 196 valence electrons. The van der Waals surface area contributed by atoms with Crippen LogP contribution in [0.3, 0.4) is 0 Å². The first-order chi connectivity index (χ1) is 16.4. The van der Waals surface area contributed by atoms with Crippen molar-refractivity contribution in [3.05, 3.63) is 34.9 Å². The van der Waals surface area contributed by atoms with Gasteiger partial charge in [0.25, 0.3) is 0 Å². The summed E-state index contributed by atoms with van der Waals surface area (Å²) in [6, 6.07) is 3.61. The number of unbranched alkanes of at least 4 members (excludes halogenated alkanes) is 2. The fraction of sp³-hybridized carbons (Fsp3) is 0.667. The Morgan fingerprint density at radius 3 is 2.40 bits per heavy atom. The molecule has 1 aromatic carbocycles. The quantitative estimate of drug-likeness (QED) is 0.410. The minimum absolute atomic E-state index is 0.164. The number of ether oxygens (including phenoxy) is 1. The Kier molecular flexibility index (Phi) is 10.1. The standard InChI is InChI=1S/C27H43N3O5/c1-8-9-10-13-28-24(32)23(20-14-17(2)11-12-18(20)3)30(22-15-19(22)4)25(33)21(16-31)29-26(34)35-27(5,6)7/h11-12,14,19,21-23,31H,8-10,13,15-16H2,1-7H3,(H,28,32)(H,29,34). The second-order valence-corrected chi connectivity index (χ2v) is 10.7. The lowest BCUT2D eigenvalue weighted by molar-refractivity contribution is -0.144. The Morgan fingerprint density at radius 2 is 1.86 bits per heavy atom. The molecule has 1 aliphatic rings. The first kappa shape index (κ1) is 28.6. The van der Waals surface area contributed by atoms with Crippen molar-refractivity contribution >= 4 is 17.9 Å².